The Labute approximate surface area is 260 Å². The summed E-state index contributed by atoms with van der Waals surface area (Å²) in [5.74, 6) is 1.45. The van der Waals surface area contributed by atoms with Gasteiger partial charge in [-0.2, -0.15) is 0 Å². The zero-order chi connectivity index (χ0) is 31.3. The van der Waals surface area contributed by atoms with Gasteiger partial charge in [0.1, 0.15) is 18.1 Å². The lowest BCUT2D eigenvalue weighted by atomic mass is 9.90. The number of piperidine rings is 1. The number of ether oxygens (including phenoxy) is 2. The van der Waals surface area contributed by atoms with Gasteiger partial charge < -0.3 is 29.2 Å². The lowest BCUT2D eigenvalue weighted by molar-refractivity contribution is -0.139. The first-order valence-electron chi connectivity index (χ1n) is 15.8. The van der Waals surface area contributed by atoms with Crippen LogP contribution in [0.1, 0.15) is 62.8 Å². The fourth-order valence-corrected chi connectivity index (χ4v) is 6.27. The highest BCUT2D eigenvalue weighted by Gasteiger charge is 2.41. The molecule has 0 unspecified atom stereocenters. The standard InChI is InChI=1S/C32H47N7O5/c1-32(2,3)19-29(40)38-14-15-43-16-17-44-28-7-5-6-25(35-28)30(41)34-24-18-26(31(42)37-11-8-23(20-38)9-12-37)39(21-24)22-27-33-10-13-36(27)4/h5-7,10,13,23-24,26H,8-9,11-12,14-22H2,1-4H3,(H,34,41)/t24-,26-/m0/s1. The van der Waals surface area contributed by atoms with E-state index in [4.69, 9.17) is 9.47 Å². The molecule has 44 heavy (non-hydrogen) atoms. The molecule has 0 saturated carbocycles. The van der Waals surface area contributed by atoms with E-state index in [9.17, 15) is 14.4 Å². The molecule has 4 aliphatic heterocycles. The Morgan fingerprint density at radius 2 is 1.86 bits per heavy atom. The number of carbonyl (C=O) groups is 3. The maximum absolute atomic E-state index is 14.0. The van der Waals surface area contributed by atoms with E-state index in [1.54, 1.807) is 24.4 Å². The normalized spacial score (nSPS) is 24.5. The van der Waals surface area contributed by atoms with Gasteiger partial charge in [-0.05, 0) is 36.7 Å². The van der Waals surface area contributed by atoms with Crippen molar-refractivity contribution < 1.29 is 23.9 Å². The van der Waals surface area contributed by atoms with Crippen LogP contribution >= 0.6 is 0 Å². The van der Waals surface area contributed by atoms with Gasteiger partial charge in [-0.25, -0.2) is 9.97 Å². The average Bonchev–Trinajstić information content (AvgIpc) is 3.58. The highest BCUT2D eigenvalue weighted by Crippen LogP contribution is 2.27. The topological polar surface area (TPSA) is 122 Å². The van der Waals surface area contributed by atoms with Crippen molar-refractivity contribution in [2.45, 2.75) is 65.1 Å². The minimum Gasteiger partial charge on any atom is -0.475 e. The zero-order valence-corrected chi connectivity index (χ0v) is 26.5. The van der Waals surface area contributed by atoms with Gasteiger partial charge in [0, 0.05) is 70.7 Å². The molecule has 12 nitrogen and oxygen atoms in total. The quantitative estimate of drug-likeness (QED) is 0.526. The van der Waals surface area contributed by atoms with Gasteiger partial charge >= 0.3 is 0 Å². The number of hydrogen-bond acceptors (Lipinski definition) is 8. The molecule has 6 bridgehead atoms. The van der Waals surface area contributed by atoms with Gasteiger partial charge in [0.05, 0.1) is 25.8 Å². The number of aromatic nitrogens is 3. The first-order chi connectivity index (χ1) is 21.1. The predicted octanol–water partition coefficient (Wildman–Crippen LogP) is 2.10. The molecule has 12 heteroatoms. The number of aryl methyl sites for hydroxylation is 1. The van der Waals surface area contributed by atoms with Crippen molar-refractivity contribution in [1.29, 1.82) is 0 Å². The number of carbonyl (C=O) groups excluding carboxylic acids is 3. The third-order valence-electron chi connectivity index (χ3n) is 8.67. The smallest absolute Gasteiger partial charge is 0.270 e. The second-order valence-corrected chi connectivity index (χ2v) is 13.5. The van der Waals surface area contributed by atoms with Crippen LogP contribution in [0.25, 0.3) is 0 Å². The third-order valence-corrected chi connectivity index (χ3v) is 8.67. The second kappa shape index (κ2) is 14.1. The van der Waals surface area contributed by atoms with Gasteiger partial charge in [-0.1, -0.05) is 26.8 Å². The van der Waals surface area contributed by atoms with Crippen LogP contribution in [-0.2, 0) is 27.9 Å². The molecule has 0 aliphatic carbocycles. The molecule has 2 fully saturated rings. The van der Waals surface area contributed by atoms with E-state index in [0.29, 0.717) is 77.1 Å². The summed E-state index contributed by atoms with van der Waals surface area (Å²) in [6.45, 7) is 10.8. The fraction of sp³-hybridized carbons (Fsp3) is 0.656. The van der Waals surface area contributed by atoms with Crippen LogP contribution in [0.15, 0.2) is 30.6 Å². The molecule has 1 N–H and O–H groups in total. The summed E-state index contributed by atoms with van der Waals surface area (Å²) in [4.78, 5) is 55.4. The molecule has 2 aromatic heterocycles. The molecule has 0 radical (unpaired) electrons. The van der Waals surface area contributed by atoms with E-state index in [1.165, 1.54) is 0 Å². The highest BCUT2D eigenvalue weighted by molar-refractivity contribution is 5.92. The van der Waals surface area contributed by atoms with E-state index in [1.807, 2.05) is 27.6 Å². The maximum Gasteiger partial charge on any atom is 0.270 e. The molecule has 6 heterocycles. The van der Waals surface area contributed by atoms with E-state index < -0.39 is 0 Å². The Morgan fingerprint density at radius 1 is 1.07 bits per heavy atom. The molecular formula is C32H47N7O5. The van der Waals surface area contributed by atoms with Crippen LogP contribution in [0.2, 0.25) is 0 Å². The van der Waals surface area contributed by atoms with Gasteiger partial charge in [0.2, 0.25) is 17.7 Å². The third kappa shape index (κ3) is 8.35. The summed E-state index contributed by atoms with van der Waals surface area (Å²) in [6, 6.07) is 4.52. The van der Waals surface area contributed by atoms with Gasteiger partial charge in [0.15, 0.2) is 0 Å². The van der Waals surface area contributed by atoms with E-state index in [0.717, 1.165) is 18.7 Å². The number of fused-ring (bicyclic) bond motifs is 10. The number of nitrogens with zero attached hydrogens (tertiary/aromatic N) is 6. The second-order valence-electron chi connectivity index (χ2n) is 13.5. The number of imidazole rings is 1. The van der Waals surface area contributed by atoms with Crippen molar-refractivity contribution in [1.82, 2.24) is 34.6 Å². The van der Waals surface area contributed by atoms with Crippen molar-refractivity contribution in [3.63, 3.8) is 0 Å². The van der Waals surface area contributed by atoms with Gasteiger partial charge in [0.25, 0.3) is 5.91 Å². The first-order valence-corrected chi connectivity index (χ1v) is 15.8. The van der Waals surface area contributed by atoms with Crippen molar-refractivity contribution in [3.8, 4) is 5.88 Å². The Morgan fingerprint density at radius 3 is 2.59 bits per heavy atom. The van der Waals surface area contributed by atoms with Crippen LogP contribution in [0.4, 0.5) is 0 Å². The van der Waals surface area contributed by atoms with Crippen LogP contribution < -0.4 is 10.1 Å². The van der Waals surface area contributed by atoms with Crippen molar-refractivity contribution in [3.05, 3.63) is 42.1 Å². The summed E-state index contributed by atoms with van der Waals surface area (Å²) in [5.41, 5.74) is 0.149. The Kier molecular flexibility index (Phi) is 10.2. The molecule has 0 aromatic carbocycles. The average molecular weight is 610 g/mol. The van der Waals surface area contributed by atoms with Crippen LogP contribution in [0.5, 0.6) is 5.88 Å². The highest BCUT2D eigenvalue weighted by atomic mass is 16.5. The molecule has 240 valence electrons. The summed E-state index contributed by atoms with van der Waals surface area (Å²) < 4.78 is 13.6. The molecule has 2 atom stereocenters. The molecule has 2 aromatic rings. The number of nitrogens with one attached hydrogen (secondary N) is 1. The molecular weight excluding hydrogens is 562 g/mol. The number of pyridine rings is 1. The van der Waals surface area contributed by atoms with E-state index in [-0.39, 0.29) is 47.5 Å². The van der Waals surface area contributed by atoms with Gasteiger partial charge in [-0.15, -0.1) is 0 Å². The molecule has 4 aliphatic rings. The van der Waals surface area contributed by atoms with Crippen LogP contribution in [0, 0.1) is 11.3 Å². The summed E-state index contributed by atoms with van der Waals surface area (Å²) in [5, 5.41) is 3.11. The van der Waals surface area contributed by atoms with Crippen molar-refractivity contribution >= 4 is 17.7 Å². The van der Waals surface area contributed by atoms with E-state index in [2.05, 4.69) is 41.0 Å². The summed E-state index contributed by atoms with van der Waals surface area (Å²) in [6.07, 6.45) is 6.32. The zero-order valence-electron chi connectivity index (χ0n) is 26.5. The maximum atomic E-state index is 14.0. The van der Waals surface area contributed by atoms with Crippen LogP contribution in [-0.4, -0.2) is 112 Å². The van der Waals surface area contributed by atoms with E-state index >= 15 is 0 Å². The molecule has 0 spiro atoms. The largest absolute Gasteiger partial charge is 0.475 e. The lowest BCUT2D eigenvalue weighted by Gasteiger charge is -2.37. The SMILES string of the molecule is Cn1ccnc1CN1C[C@@H]2C[C@H]1C(=O)N1CCC(CC1)CN(C(=O)CC(C)(C)C)CCOCCOc1cccc(n1)C(=O)N2. The Hall–Kier alpha value is -3.51. The number of rotatable bonds is 3. The Balaban J connectivity index is 1.34. The number of hydrogen-bond donors (Lipinski definition) is 1. The minimum absolute atomic E-state index is 0.0860. The fourth-order valence-electron chi connectivity index (χ4n) is 6.27. The predicted molar refractivity (Wildman–Crippen MR) is 164 cm³/mol. The van der Waals surface area contributed by atoms with Crippen LogP contribution in [0.3, 0.4) is 0 Å². The summed E-state index contributed by atoms with van der Waals surface area (Å²) >= 11 is 0. The lowest BCUT2D eigenvalue weighted by Crippen LogP contribution is -2.49. The molecule has 2 saturated heterocycles. The van der Waals surface area contributed by atoms with Gasteiger partial charge in [-0.3, -0.25) is 19.3 Å². The Bertz CT molecular complexity index is 1300. The summed E-state index contributed by atoms with van der Waals surface area (Å²) in [7, 11) is 1.95. The first kappa shape index (κ1) is 31.9. The van der Waals surface area contributed by atoms with Crippen molar-refractivity contribution in [2.75, 3.05) is 52.5 Å². The minimum atomic E-state index is -0.368. The number of amides is 3. The number of likely N-dealkylation sites (tertiary alicyclic amines) is 1. The monoisotopic (exact) mass is 609 g/mol. The van der Waals surface area contributed by atoms with Crippen molar-refractivity contribution in [2.24, 2.45) is 18.4 Å². The molecule has 6 rings (SSSR count). The molecule has 3 amide bonds.